The molecule has 0 amide bonds. The highest BCUT2D eigenvalue weighted by Crippen LogP contribution is 2.20. The van der Waals surface area contributed by atoms with Crippen molar-refractivity contribution in [2.75, 3.05) is 0 Å². The zero-order chi connectivity index (χ0) is 13.9. The third-order valence-electron chi connectivity index (χ3n) is 3.12. The molecular formula is C14H14N4O2. The maximum Gasteiger partial charge on any atom is 0.251 e. The Balaban J connectivity index is 1.86. The van der Waals surface area contributed by atoms with Gasteiger partial charge in [0.1, 0.15) is 6.04 Å². The Labute approximate surface area is 115 Å². The summed E-state index contributed by atoms with van der Waals surface area (Å²) in [7, 11) is 0. The maximum absolute atomic E-state index is 9.02. The van der Waals surface area contributed by atoms with E-state index >= 15 is 0 Å². The Morgan fingerprint density at radius 2 is 2.10 bits per heavy atom. The van der Waals surface area contributed by atoms with Crippen molar-refractivity contribution in [3.05, 3.63) is 54.2 Å². The lowest BCUT2D eigenvalue weighted by Gasteiger charge is -2.05. The lowest BCUT2D eigenvalue weighted by atomic mass is 10.1. The van der Waals surface area contributed by atoms with Gasteiger partial charge >= 0.3 is 0 Å². The van der Waals surface area contributed by atoms with Crippen molar-refractivity contribution in [2.24, 2.45) is 0 Å². The molecule has 2 aromatic heterocycles. The summed E-state index contributed by atoms with van der Waals surface area (Å²) in [6.07, 6.45) is 3.56. The Morgan fingerprint density at radius 3 is 2.75 bits per heavy atom. The minimum absolute atomic E-state index is 0.0219. The molecule has 3 aromatic rings. The Hall–Kier alpha value is -2.47. The van der Waals surface area contributed by atoms with Gasteiger partial charge in [-0.25, -0.2) is 0 Å². The van der Waals surface area contributed by atoms with E-state index in [-0.39, 0.29) is 12.6 Å². The second kappa shape index (κ2) is 5.26. The highest BCUT2D eigenvalue weighted by molar-refractivity contribution is 5.54. The lowest BCUT2D eigenvalue weighted by molar-refractivity contribution is 0.282. The molecule has 1 unspecified atom stereocenters. The fourth-order valence-electron chi connectivity index (χ4n) is 1.90. The third kappa shape index (κ3) is 2.33. The lowest BCUT2D eigenvalue weighted by Crippen LogP contribution is -2.07. The molecule has 0 spiro atoms. The van der Waals surface area contributed by atoms with Gasteiger partial charge in [-0.1, -0.05) is 29.4 Å². The van der Waals surface area contributed by atoms with E-state index in [1.165, 1.54) is 0 Å². The molecule has 6 nitrogen and oxygen atoms in total. The number of aliphatic hydroxyl groups excluding tert-OH is 1. The van der Waals surface area contributed by atoms with Gasteiger partial charge in [-0.3, -0.25) is 4.68 Å². The highest BCUT2D eigenvalue weighted by atomic mass is 16.5. The second-order valence-corrected chi connectivity index (χ2v) is 4.47. The summed E-state index contributed by atoms with van der Waals surface area (Å²) in [5.41, 5.74) is 1.70. The quantitative estimate of drug-likeness (QED) is 0.785. The van der Waals surface area contributed by atoms with Gasteiger partial charge < -0.3 is 9.63 Å². The van der Waals surface area contributed by atoms with E-state index in [2.05, 4.69) is 15.2 Å². The molecule has 0 saturated heterocycles. The number of rotatable bonds is 4. The van der Waals surface area contributed by atoms with Crippen LogP contribution in [0.25, 0.3) is 11.4 Å². The van der Waals surface area contributed by atoms with E-state index in [1.54, 1.807) is 10.9 Å². The standard InChI is InChI=1S/C14H14N4O2/c1-10(18-8-2-7-15-18)14-16-13(17-20-14)12-5-3-11(9-19)4-6-12/h2-8,10,19H,9H2,1H3. The molecule has 0 fully saturated rings. The van der Waals surface area contributed by atoms with Crippen LogP contribution in [0.5, 0.6) is 0 Å². The van der Waals surface area contributed by atoms with Gasteiger partial charge in [0.05, 0.1) is 6.61 Å². The third-order valence-corrected chi connectivity index (χ3v) is 3.12. The van der Waals surface area contributed by atoms with Crippen molar-refractivity contribution in [3.63, 3.8) is 0 Å². The minimum atomic E-state index is -0.108. The van der Waals surface area contributed by atoms with Crippen molar-refractivity contribution in [1.82, 2.24) is 19.9 Å². The van der Waals surface area contributed by atoms with Crippen molar-refractivity contribution in [1.29, 1.82) is 0 Å². The number of aliphatic hydroxyl groups is 1. The van der Waals surface area contributed by atoms with Crippen LogP contribution in [-0.4, -0.2) is 25.0 Å². The molecule has 3 rings (SSSR count). The van der Waals surface area contributed by atoms with Crippen LogP contribution in [0.15, 0.2) is 47.2 Å². The van der Waals surface area contributed by atoms with Gasteiger partial charge in [0.15, 0.2) is 0 Å². The van der Waals surface area contributed by atoms with Crippen molar-refractivity contribution >= 4 is 0 Å². The van der Waals surface area contributed by atoms with Crippen LogP contribution in [-0.2, 0) is 6.61 Å². The maximum atomic E-state index is 9.02. The molecular weight excluding hydrogens is 256 g/mol. The van der Waals surface area contributed by atoms with Gasteiger partial charge in [0.25, 0.3) is 5.89 Å². The molecule has 6 heteroatoms. The first-order valence-corrected chi connectivity index (χ1v) is 6.31. The molecule has 0 aliphatic rings. The number of benzene rings is 1. The Kier molecular flexibility index (Phi) is 3.30. The van der Waals surface area contributed by atoms with E-state index in [4.69, 9.17) is 9.63 Å². The number of hydrogen-bond donors (Lipinski definition) is 1. The van der Waals surface area contributed by atoms with E-state index in [0.717, 1.165) is 11.1 Å². The van der Waals surface area contributed by atoms with Crippen LogP contribution in [0.4, 0.5) is 0 Å². The van der Waals surface area contributed by atoms with Crippen molar-refractivity contribution < 1.29 is 9.63 Å². The average Bonchev–Trinajstić information content (AvgIpc) is 3.18. The number of hydrogen-bond acceptors (Lipinski definition) is 5. The fraction of sp³-hybridized carbons (Fsp3) is 0.214. The van der Waals surface area contributed by atoms with Gasteiger partial charge in [-0.2, -0.15) is 10.1 Å². The first-order valence-electron chi connectivity index (χ1n) is 6.31. The first-order chi connectivity index (χ1) is 9.78. The van der Waals surface area contributed by atoms with Crippen LogP contribution in [0.1, 0.15) is 24.4 Å². The first kappa shape index (κ1) is 12.6. The summed E-state index contributed by atoms with van der Waals surface area (Å²) >= 11 is 0. The molecule has 102 valence electrons. The molecule has 0 aliphatic carbocycles. The smallest absolute Gasteiger partial charge is 0.251 e. The normalized spacial score (nSPS) is 12.5. The van der Waals surface area contributed by atoms with E-state index in [9.17, 15) is 0 Å². The number of nitrogens with zero attached hydrogens (tertiary/aromatic N) is 4. The minimum Gasteiger partial charge on any atom is -0.392 e. The molecule has 1 atom stereocenters. The summed E-state index contributed by atoms with van der Waals surface area (Å²) in [6.45, 7) is 1.97. The molecule has 0 radical (unpaired) electrons. The topological polar surface area (TPSA) is 77.0 Å². The Bertz CT molecular complexity index is 674. The van der Waals surface area contributed by atoms with E-state index in [0.29, 0.717) is 11.7 Å². The molecule has 0 aliphatic heterocycles. The molecule has 0 saturated carbocycles. The van der Waals surface area contributed by atoms with Gasteiger partial charge in [-0.15, -0.1) is 0 Å². The monoisotopic (exact) mass is 270 g/mol. The number of aromatic nitrogens is 4. The van der Waals surface area contributed by atoms with Gasteiger partial charge in [-0.05, 0) is 18.6 Å². The van der Waals surface area contributed by atoms with Crippen molar-refractivity contribution in [2.45, 2.75) is 19.6 Å². The molecule has 2 heterocycles. The van der Waals surface area contributed by atoms with E-state index < -0.39 is 0 Å². The van der Waals surface area contributed by atoms with Crippen LogP contribution >= 0.6 is 0 Å². The zero-order valence-corrected chi connectivity index (χ0v) is 11.0. The SMILES string of the molecule is CC(c1nc(-c2ccc(CO)cc2)no1)n1cccn1. The highest BCUT2D eigenvalue weighted by Gasteiger charge is 2.16. The van der Waals surface area contributed by atoms with Crippen LogP contribution < -0.4 is 0 Å². The zero-order valence-electron chi connectivity index (χ0n) is 11.0. The summed E-state index contributed by atoms with van der Waals surface area (Å²) < 4.78 is 7.05. The largest absolute Gasteiger partial charge is 0.392 e. The summed E-state index contributed by atoms with van der Waals surface area (Å²) in [6, 6.07) is 9.13. The molecule has 20 heavy (non-hydrogen) atoms. The van der Waals surface area contributed by atoms with Gasteiger partial charge in [0.2, 0.25) is 5.82 Å². The summed E-state index contributed by atoms with van der Waals surface area (Å²) in [5.74, 6) is 1.04. The summed E-state index contributed by atoms with van der Waals surface area (Å²) in [4.78, 5) is 4.39. The van der Waals surface area contributed by atoms with Crippen LogP contribution in [0.2, 0.25) is 0 Å². The average molecular weight is 270 g/mol. The predicted molar refractivity (Wildman–Crippen MR) is 71.7 cm³/mol. The van der Waals surface area contributed by atoms with Crippen LogP contribution in [0, 0.1) is 0 Å². The van der Waals surface area contributed by atoms with Crippen molar-refractivity contribution in [3.8, 4) is 11.4 Å². The Morgan fingerprint density at radius 1 is 1.30 bits per heavy atom. The second-order valence-electron chi connectivity index (χ2n) is 4.47. The predicted octanol–water partition coefficient (Wildman–Crippen LogP) is 2.03. The van der Waals surface area contributed by atoms with E-state index in [1.807, 2.05) is 43.5 Å². The molecule has 0 bridgehead atoms. The van der Waals surface area contributed by atoms with Gasteiger partial charge in [0, 0.05) is 18.0 Å². The molecule has 1 aromatic carbocycles. The van der Waals surface area contributed by atoms with Crippen LogP contribution in [0.3, 0.4) is 0 Å². The summed E-state index contributed by atoms with van der Waals surface area (Å²) in [5, 5.41) is 17.2. The molecule has 1 N–H and O–H groups in total. The fourth-order valence-corrected chi connectivity index (χ4v) is 1.90.